The number of urea groups is 1. The maximum Gasteiger partial charge on any atom is 0.312 e. The molecule has 106 valence electrons. The summed E-state index contributed by atoms with van der Waals surface area (Å²) in [6, 6.07) is 8.54. The molecule has 20 heavy (non-hydrogen) atoms. The summed E-state index contributed by atoms with van der Waals surface area (Å²) in [5.74, 6) is 1.15. The van der Waals surface area contributed by atoms with E-state index in [-0.39, 0.29) is 11.6 Å². The molecular formula is C17H22N2O. The number of nitrogens with two attached hydrogens (primary N) is 1. The molecule has 0 saturated heterocycles. The Morgan fingerprint density at radius 3 is 2.20 bits per heavy atom. The highest BCUT2D eigenvalue weighted by atomic mass is 16.2. The minimum absolute atomic E-state index is 0.0779. The fourth-order valence-electron chi connectivity index (χ4n) is 5.65. The van der Waals surface area contributed by atoms with Gasteiger partial charge in [0.25, 0.3) is 0 Å². The van der Waals surface area contributed by atoms with E-state index in [1.807, 2.05) is 0 Å². The van der Waals surface area contributed by atoms with Gasteiger partial charge in [0.05, 0.1) is 0 Å². The second kappa shape index (κ2) is 3.78. The van der Waals surface area contributed by atoms with E-state index in [0.29, 0.717) is 17.3 Å². The monoisotopic (exact) mass is 270 g/mol. The molecule has 1 aromatic rings. The van der Waals surface area contributed by atoms with Crippen molar-refractivity contribution in [1.29, 1.82) is 0 Å². The van der Waals surface area contributed by atoms with Gasteiger partial charge >= 0.3 is 6.03 Å². The standard InChI is InChI=1S/C17H22N2O/c1-16-6-11-8-17(10-16,19-15(18)20)9-12(7-16)14-5-3-2-4-13(11)14/h2-5,11-12H,6-10H2,1H3,(H3,18,19,20). The van der Waals surface area contributed by atoms with Crippen LogP contribution >= 0.6 is 0 Å². The maximum atomic E-state index is 11.5. The predicted octanol–water partition coefficient (Wildman–Crippen LogP) is 3.26. The van der Waals surface area contributed by atoms with Gasteiger partial charge in [0.2, 0.25) is 0 Å². The zero-order valence-electron chi connectivity index (χ0n) is 12.0. The van der Waals surface area contributed by atoms with Crippen molar-refractivity contribution < 1.29 is 4.79 Å². The minimum atomic E-state index is -0.361. The van der Waals surface area contributed by atoms with E-state index in [0.717, 1.165) is 19.3 Å². The van der Waals surface area contributed by atoms with Crippen LogP contribution in [0, 0.1) is 5.41 Å². The summed E-state index contributed by atoms with van der Waals surface area (Å²) in [5.41, 5.74) is 8.77. The van der Waals surface area contributed by atoms with Crippen LogP contribution in [0.4, 0.5) is 4.79 Å². The molecule has 0 aromatic heterocycles. The van der Waals surface area contributed by atoms with E-state index < -0.39 is 0 Å². The quantitative estimate of drug-likeness (QED) is 0.808. The van der Waals surface area contributed by atoms with Crippen LogP contribution in [0.2, 0.25) is 0 Å². The molecule has 4 aliphatic rings. The number of amides is 2. The molecule has 2 amide bonds. The number of carbonyl (C=O) groups excluding carboxylic acids is 1. The van der Waals surface area contributed by atoms with Gasteiger partial charge in [-0.05, 0) is 60.5 Å². The molecule has 2 fully saturated rings. The minimum Gasteiger partial charge on any atom is -0.352 e. The SMILES string of the molecule is CC12CC3CC(NC(N)=O)(CC(C1)c1ccccc13)C2. The summed E-state index contributed by atoms with van der Waals surface area (Å²) in [5, 5.41) is 3.13. The van der Waals surface area contributed by atoms with Crippen molar-refractivity contribution in [3.8, 4) is 0 Å². The van der Waals surface area contributed by atoms with Crippen LogP contribution in [-0.4, -0.2) is 11.6 Å². The van der Waals surface area contributed by atoms with Gasteiger partial charge < -0.3 is 11.1 Å². The summed E-state index contributed by atoms with van der Waals surface area (Å²) in [7, 11) is 0. The molecule has 0 heterocycles. The normalized spacial score (nSPS) is 41.0. The van der Waals surface area contributed by atoms with E-state index in [4.69, 9.17) is 5.73 Å². The number of primary amides is 1. The lowest BCUT2D eigenvalue weighted by atomic mass is 9.55. The zero-order valence-corrected chi connectivity index (χ0v) is 12.0. The van der Waals surface area contributed by atoms with Crippen LogP contribution in [0.15, 0.2) is 24.3 Å². The van der Waals surface area contributed by atoms with E-state index in [9.17, 15) is 4.79 Å². The Morgan fingerprint density at radius 1 is 1.15 bits per heavy atom. The number of hydrogen-bond donors (Lipinski definition) is 2. The molecule has 1 aromatic carbocycles. The summed E-state index contributed by atoms with van der Waals surface area (Å²) < 4.78 is 0. The predicted molar refractivity (Wildman–Crippen MR) is 78.6 cm³/mol. The summed E-state index contributed by atoms with van der Waals surface area (Å²) in [4.78, 5) is 11.5. The van der Waals surface area contributed by atoms with Gasteiger partial charge in [-0.2, -0.15) is 0 Å². The molecule has 5 rings (SSSR count). The lowest BCUT2D eigenvalue weighted by Crippen LogP contribution is -2.58. The molecule has 3 nitrogen and oxygen atoms in total. The molecular weight excluding hydrogens is 248 g/mol. The van der Waals surface area contributed by atoms with E-state index in [2.05, 4.69) is 36.5 Å². The first-order valence-electron chi connectivity index (χ1n) is 7.65. The molecule has 0 radical (unpaired) electrons. The Morgan fingerprint density at radius 2 is 1.70 bits per heavy atom. The maximum absolute atomic E-state index is 11.5. The molecule has 4 aliphatic carbocycles. The van der Waals surface area contributed by atoms with Gasteiger partial charge in [-0.1, -0.05) is 31.2 Å². The Bertz CT molecular complexity index is 545. The molecule has 3 N–H and O–H groups in total. The summed E-state index contributed by atoms with van der Waals surface area (Å²) in [6.45, 7) is 2.40. The molecule has 2 unspecified atom stereocenters. The first-order chi connectivity index (χ1) is 9.49. The van der Waals surface area contributed by atoms with Crippen molar-refractivity contribution in [2.75, 3.05) is 0 Å². The first kappa shape index (κ1) is 12.2. The van der Waals surface area contributed by atoms with Crippen LogP contribution < -0.4 is 11.1 Å². The highest BCUT2D eigenvalue weighted by Gasteiger charge is 2.55. The lowest BCUT2D eigenvalue weighted by molar-refractivity contribution is 0.0382. The largest absolute Gasteiger partial charge is 0.352 e. The molecule has 3 heteroatoms. The van der Waals surface area contributed by atoms with E-state index >= 15 is 0 Å². The van der Waals surface area contributed by atoms with Crippen LogP contribution in [0.3, 0.4) is 0 Å². The van der Waals surface area contributed by atoms with Gasteiger partial charge in [0.15, 0.2) is 0 Å². The van der Waals surface area contributed by atoms with Crippen molar-refractivity contribution in [1.82, 2.24) is 5.32 Å². The van der Waals surface area contributed by atoms with Crippen LogP contribution in [0.5, 0.6) is 0 Å². The summed E-state index contributed by atoms with van der Waals surface area (Å²) in [6.07, 6.45) is 5.70. The van der Waals surface area contributed by atoms with Crippen molar-refractivity contribution in [2.45, 2.75) is 56.4 Å². The molecule has 2 atom stereocenters. The van der Waals surface area contributed by atoms with Gasteiger partial charge in [0, 0.05) is 5.54 Å². The third-order valence-electron chi connectivity index (χ3n) is 5.78. The van der Waals surface area contributed by atoms with Crippen LogP contribution in [-0.2, 0) is 0 Å². The number of benzene rings is 1. The number of carbonyl (C=O) groups is 1. The van der Waals surface area contributed by atoms with Crippen molar-refractivity contribution in [3.63, 3.8) is 0 Å². The number of hydrogen-bond acceptors (Lipinski definition) is 1. The zero-order chi connectivity index (χ0) is 14.0. The summed E-state index contributed by atoms with van der Waals surface area (Å²) >= 11 is 0. The number of rotatable bonds is 1. The topological polar surface area (TPSA) is 55.1 Å². The van der Waals surface area contributed by atoms with Crippen molar-refractivity contribution >= 4 is 6.03 Å². The average molecular weight is 270 g/mol. The first-order valence-corrected chi connectivity index (χ1v) is 7.65. The van der Waals surface area contributed by atoms with E-state index in [1.165, 1.54) is 24.0 Å². The Balaban J connectivity index is 1.84. The molecule has 2 saturated carbocycles. The van der Waals surface area contributed by atoms with Crippen LogP contribution in [0.1, 0.15) is 62.0 Å². The van der Waals surface area contributed by atoms with Gasteiger partial charge in [-0.15, -0.1) is 0 Å². The smallest absolute Gasteiger partial charge is 0.312 e. The third kappa shape index (κ3) is 1.68. The Hall–Kier alpha value is -1.51. The van der Waals surface area contributed by atoms with Crippen molar-refractivity contribution in [3.05, 3.63) is 35.4 Å². The highest BCUT2D eigenvalue weighted by molar-refractivity contribution is 5.73. The van der Waals surface area contributed by atoms with Gasteiger partial charge in [-0.25, -0.2) is 4.79 Å². The number of nitrogens with one attached hydrogen (secondary N) is 1. The fourth-order valence-corrected chi connectivity index (χ4v) is 5.65. The van der Waals surface area contributed by atoms with Gasteiger partial charge in [0.1, 0.15) is 0 Å². The second-order valence-corrected chi connectivity index (χ2v) is 7.60. The van der Waals surface area contributed by atoms with Crippen molar-refractivity contribution in [2.24, 2.45) is 11.1 Å². The van der Waals surface area contributed by atoms with Gasteiger partial charge in [-0.3, -0.25) is 0 Å². The fraction of sp³-hybridized carbons (Fsp3) is 0.588. The Labute approximate surface area is 119 Å². The van der Waals surface area contributed by atoms with E-state index in [1.54, 1.807) is 0 Å². The molecule has 4 bridgehead atoms. The Kier molecular flexibility index (Phi) is 2.31. The third-order valence-corrected chi connectivity index (χ3v) is 5.78. The van der Waals surface area contributed by atoms with Crippen LogP contribution in [0.25, 0.3) is 0 Å². The lowest BCUT2D eigenvalue weighted by Gasteiger charge is -2.53. The highest BCUT2D eigenvalue weighted by Crippen LogP contribution is 2.62. The average Bonchev–Trinajstić information content (AvgIpc) is 2.48. The second-order valence-electron chi connectivity index (χ2n) is 7.60. The molecule has 0 aliphatic heterocycles. The molecule has 0 spiro atoms.